The Morgan fingerprint density at radius 3 is 2.76 bits per heavy atom. The molecule has 0 aliphatic carbocycles. The van der Waals surface area contributed by atoms with Gasteiger partial charge in [-0.25, -0.2) is 4.98 Å². The summed E-state index contributed by atoms with van der Waals surface area (Å²) in [6.45, 7) is 0. The Balaban J connectivity index is 2.33. The van der Waals surface area contributed by atoms with Gasteiger partial charge in [0.2, 0.25) is 0 Å². The summed E-state index contributed by atoms with van der Waals surface area (Å²) in [5, 5.41) is 11.3. The molecule has 2 aromatic rings. The number of anilines is 1. The van der Waals surface area contributed by atoms with Crippen LogP contribution in [0.25, 0.3) is 0 Å². The number of nitro benzene ring substituents is 1. The lowest BCUT2D eigenvalue weighted by Crippen LogP contribution is -1.94. The van der Waals surface area contributed by atoms with Gasteiger partial charge in [0, 0.05) is 6.07 Å². The van der Waals surface area contributed by atoms with Crippen molar-refractivity contribution in [2.75, 3.05) is 5.73 Å². The second-order valence-electron chi connectivity index (χ2n) is 3.11. The highest BCUT2D eigenvalue weighted by molar-refractivity contribution is 7.99. The van der Waals surface area contributed by atoms with Crippen molar-refractivity contribution in [3.63, 3.8) is 0 Å². The largest absolute Gasteiger partial charge is 0.382 e. The number of nitrogen functional groups attached to an aromatic ring is 1. The maximum atomic E-state index is 10.8. The predicted octanol–water partition coefficient (Wildman–Crippen LogP) is 2.12. The van der Waals surface area contributed by atoms with E-state index in [1.807, 2.05) is 0 Å². The lowest BCUT2D eigenvalue weighted by Gasteiger charge is -2.01. The van der Waals surface area contributed by atoms with E-state index in [-0.39, 0.29) is 11.5 Å². The predicted molar refractivity (Wildman–Crippen MR) is 63.7 cm³/mol. The molecular weight excluding hydrogens is 240 g/mol. The number of nitro groups is 1. The number of nitrogens with zero attached hydrogens (tertiary/aromatic N) is 3. The molecule has 0 atom stereocenters. The lowest BCUT2D eigenvalue weighted by molar-refractivity contribution is -0.387. The Morgan fingerprint density at radius 1 is 1.29 bits per heavy atom. The van der Waals surface area contributed by atoms with E-state index in [9.17, 15) is 10.1 Å². The number of rotatable bonds is 3. The number of para-hydroxylation sites is 1. The standard InChI is InChI=1S/C10H8N4O2S/c11-9-5-12-6-10(13-9)17-8-4-2-1-3-7(8)14(15)16/h1-6H,(H2,11,13). The van der Waals surface area contributed by atoms with E-state index in [4.69, 9.17) is 5.73 Å². The van der Waals surface area contributed by atoms with Gasteiger partial charge in [-0.3, -0.25) is 15.1 Å². The van der Waals surface area contributed by atoms with Crippen LogP contribution in [-0.2, 0) is 0 Å². The molecule has 0 aliphatic heterocycles. The van der Waals surface area contributed by atoms with Crippen molar-refractivity contribution in [2.45, 2.75) is 9.92 Å². The van der Waals surface area contributed by atoms with Crippen molar-refractivity contribution in [1.82, 2.24) is 9.97 Å². The van der Waals surface area contributed by atoms with Crippen LogP contribution in [0.1, 0.15) is 0 Å². The third kappa shape index (κ3) is 2.70. The lowest BCUT2D eigenvalue weighted by atomic mass is 10.3. The molecule has 2 rings (SSSR count). The molecule has 0 amide bonds. The van der Waals surface area contributed by atoms with E-state index >= 15 is 0 Å². The first kappa shape index (κ1) is 11.3. The molecule has 7 heteroatoms. The molecule has 0 radical (unpaired) electrons. The van der Waals surface area contributed by atoms with Crippen LogP contribution < -0.4 is 5.73 Å². The van der Waals surface area contributed by atoms with Gasteiger partial charge in [-0.2, -0.15) is 0 Å². The minimum absolute atomic E-state index is 0.0433. The third-order valence-electron chi connectivity index (χ3n) is 1.91. The highest BCUT2D eigenvalue weighted by atomic mass is 32.2. The third-order valence-corrected chi connectivity index (χ3v) is 2.88. The zero-order valence-electron chi connectivity index (χ0n) is 8.61. The normalized spacial score (nSPS) is 10.1. The molecule has 0 fully saturated rings. The summed E-state index contributed by atoms with van der Waals surface area (Å²) in [7, 11) is 0. The Morgan fingerprint density at radius 2 is 2.06 bits per heavy atom. The van der Waals surface area contributed by atoms with Crippen molar-refractivity contribution >= 4 is 23.3 Å². The summed E-state index contributed by atoms with van der Waals surface area (Å²) in [5.41, 5.74) is 5.53. The minimum Gasteiger partial charge on any atom is -0.382 e. The van der Waals surface area contributed by atoms with Crippen molar-refractivity contribution < 1.29 is 4.92 Å². The topological polar surface area (TPSA) is 94.9 Å². The molecule has 0 saturated carbocycles. The van der Waals surface area contributed by atoms with Gasteiger partial charge >= 0.3 is 0 Å². The summed E-state index contributed by atoms with van der Waals surface area (Å²) in [4.78, 5) is 18.8. The average molecular weight is 248 g/mol. The highest BCUT2D eigenvalue weighted by Crippen LogP contribution is 2.33. The minimum atomic E-state index is -0.429. The second kappa shape index (κ2) is 4.79. The quantitative estimate of drug-likeness (QED) is 0.660. The number of nitrogens with two attached hydrogens (primary N) is 1. The fraction of sp³-hybridized carbons (Fsp3) is 0. The summed E-state index contributed by atoms with van der Waals surface area (Å²) >= 11 is 1.16. The van der Waals surface area contributed by atoms with Crippen molar-refractivity contribution in [2.24, 2.45) is 0 Å². The maximum absolute atomic E-state index is 10.8. The fourth-order valence-electron chi connectivity index (χ4n) is 1.22. The van der Waals surface area contributed by atoms with Crippen LogP contribution in [0.15, 0.2) is 46.6 Å². The second-order valence-corrected chi connectivity index (χ2v) is 4.17. The zero-order chi connectivity index (χ0) is 12.3. The van der Waals surface area contributed by atoms with Gasteiger partial charge in [0.15, 0.2) is 0 Å². The molecule has 0 saturated heterocycles. The monoisotopic (exact) mass is 248 g/mol. The molecule has 1 aromatic heterocycles. The van der Waals surface area contributed by atoms with Gasteiger partial charge in [0.05, 0.1) is 22.2 Å². The Bertz CT molecular complexity index is 562. The van der Waals surface area contributed by atoms with Gasteiger partial charge in [-0.15, -0.1) is 0 Å². The van der Waals surface area contributed by atoms with Crippen LogP contribution >= 0.6 is 11.8 Å². The summed E-state index contributed by atoms with van der Waals surface area (Å²) in [5.74, 6) is 0.286. The maximum Gasteiger partial charge on any atom is 0.283 e. The van der Waals surface area contributed by atoms with Gasteiger partial charge in [-0.05, 0) is 6.07 Å². The first-order valence-corrected chi connectivity index (χ1v) is 5.47. The summed E-state index contributed by atoms with van der Waals surface area (Å²) < 4.78 is 0. The fourth-order valence-corrected chi connectivity index (χ4v) is 2.10. The molecule has 0 unspecified atom stereocenters. The van der Waals surface area contributed by atoms with Crippen LogP contribution in [0.5, 0.6) is 0 Å². The average Bonchev–Trinajstić information content (AvgIpc) is 2.29. The van der Waals surface area contributed by atoms with E-state index in [0.29, 0.717) is 9.92 Å². The molecule has 0 aliphatic rings. The van der Waals surface area contributed by atoms with Crippen molar-refractivity contribution in [1.29, 1.82) is 0 Å². The van der Waals surface area contributed by atoms with E-state index < -0.39 is 4.92 Å². The van der Waals surface area contributed by atoms with E-state index in [2.05, 4.69) is 9.97 Å². The van der Waals surface area contributed by atoms with Gasteiger partial charge in [0.25, 0.3) is 5.69 Å². The Hall–Kier alpha value is -2.15. The van der Waals surface area contributed by atoms with Gasteiger partial charge < -0.3 is 5.73 Å². The molecule has 2 N–H and O–H groups in total. The van der Waals surface area contributed by atoms with Gasteiger partial charge in [-0.1, -0.05) is 23.9 Å². The van der Waals surface area contributed by atoms with Crippen molar-refractivity contribution in [3.05, 3.63) is 46.8 Å². The van der Waals surface area contributed by atoms with E-state index in [1.54, 1.807) is 18.2 Å². The smallest absolute Gasteiger partial charge is 0.283 e. The zero-order valence-corrected chi connectivity index (χ0v) is 9.42. The summed E-state index contributed by atoms with van der Waals surface area (Å²) in [6.07, 6.45) is 2.93. The highest BCUT2D eigenvalue weighted by Gasteiger charge is 2.14. The van der Waals surface area contributed by atoms with Crippen LogP contribution in [-0.4, -0.2) is 14.9 Å². The first-order chi connectivity index (χ1) is 8.16. The number of benzene rings is 1. The first-order valence-electron chi connectivity index (χ1n) is 4.65. The molecular formula is C10H8N4O2S. The van der Waals surface area contributed by atoms with Crippen molar-refractivity contribution in [3.8, 4) is 0 Å². The van der Waals surface area contributed by atoms with Gasteiger partial charge in [0.1, 0.15) is 10.8 Å². The molecule has 0 spiro atoms. The van der Waals surface area contributed by atoms with Crippen LogP contribution in [0.3, 0.4) is 0 Å². The number of aromatic nitrogens is 2. The molecule has 1 heterocycles. The van der Waals surface area contributed by atoms with E-state index in [0.717, 1.165) is 11.8 Å². The number of hydrogen-bond acceptors (Lipinski definition) is 6. The molecule has 1 aromatic carbocycles. The molecule has 86 valence electrons. The molecule has 6 nitrogen and oxygen atoms in total. The molecule has 0 bridgehead atoms. The molecule has 17 heavy (non-hydrogen) atoms. The van der Waals surface area contributed by atoms with Crippen LogP contribution in [0.4, 0.5) is 11.5 Å². The van der Waals surface area contributed by atoms with E-state index in [1.165, 1.54) is 18.5 Å². The van der Waals surface area contributed by atoms with Crippen LogP contribution in [0.2, 0.25) is 0 Å². The SMILES string of the molecule is Nc1cncc(Sc2ccccc2[N+](=O)[O-])n1. The number of hydrogen-bond donors (Lipinski definition) is 1. The Labute approximate surface area is 101 Å². The summed E-state index contributed by atoms with van der Waals surface area (Å²) in [6, 6.07) is 6.46. The Kier molecular flexibility index (Phi) is 3.20. The van der Waals surface area contributed by atoms with Crippen LogP contribution in [0, 0.1) is 10.1 Å².